The molecule has 2 saturated heterocycles. The number of hydrogen-bond acceptors (Lipinski definition) is 4. The molecular formula is C34H41ClN4O2. The van der Waals surface area contributed by atoms with Crippen LogP contribution in [0, 0.1) is 0 Å². The average molecular weight is 573 g/mol. The smallest absolute Gasteiger partial charge is 0.251 e. The normalized spacial score (nSPS) is 18.9. The van der Waals surface area contributed by atoms with Crippen molar-refractivity contribution in [2.24, 2.45) is 0 Å². The highest BCUT2D eigenvalue weighted by Gasteiger charge is 2.23. The zero-order valence-corrected chi connectivity index (χ0v) is 25.0. The number of likely N-dealkylation sites (tertiary alicyclic amines) is 2. The molecule has 3 heterocycles. The molecule has 0 radical (unpaired) electrons. The van der Waals surface area contributed by atoms with E-state index in [-0.39, 0.29) is 12.0 Å². The van der Waals surface area contributed by atoms with Gasteiger partial charge in [-0.2, -0.15) is 0 Å². The van der Waals surface area contributed by atoms with Crippen molar-refractivity contribution in [3.63, 3.8) is 0 Å². The predicted octanol–water partition coefficient (Wildman–Crippen LogP) is 6.73. The molecule has 0 bridgehead atoms. The van der Waals surface area contributed by atoms with Crippen molar-refractivity contribution in [2.45, 2.75) is 64.3 Å². The molecule has 41 heavy (non-hydrogen) atoms. The molecule has 4 aromatic rings. The molecular weight excluding hydrogens is 532 g/mol. The largest absolute Gasteiger partial charge is 0.489 e. The predicted molar refractivity (Wildman–Crippen MR) is 168 cm³/mol. The van der Waals surface area contributed by atoms with Crippen molar-refractivity contribution in [1.82, 2.24) is 19.7 Å². The van der Waals surface area contributed by atoms with Crippen LogP contribution in [-0.2, 0) is 13.1 Å². The lowest BCUT2D eigenvalue weighted by Crippen LogP contribution is -2.37. The average Bonchev–Trinajstić information content (AvgIpc) is 3.54. The molecule has 0 aliphatic carbocycles. The Hall–Kier alpha value is -3.06. The summed E-state index contributed by atoms with van der Waals surface area (Å²) in [5.41, 5.74) is 4.54. The number of piperidine rings is 1. The minimum Gasteiger partial charge on any atom is -0.489 e. The quantitative estimate of drug-likeness (QED) is 0.242. The topological polar surface area (TPSA) is 49.7 Å². The molecule has 7 heteroatoms. The van der Waals surface area contributed by atoms with Gasteiger partial charge in [0.25, 0.3) is 5.91 Å². The van der Waals surface area contributed by atoms with Gasteiger partial charge in [-0.3, -0.25) is 9.69 Å². The minimum absolute atomic E-state index is 0.0788. The first-order valence-electron chi connectivity index (χ1n) is 15.2. The van der Waals surface area contributed by atoms with Crippen molar-refractivity contribution in [3.05, 3.63) is 76.8 Å². The number of para-hydroxylation sites is 1. The van der Waals surface area contributed by atoms with Crippen LogP contribution in [0.25, 0.3) is 21.8 Å². The van der Waals surface area contributed by atoms with Gasteiger partial charge in [-0.25, -0.2) is 0 Å². The van der Waals surface area contributed by atoms with Crippen molar-refractivity contribution in [3.8, 4) is 5.75 Å². The number of nitrogens with zero attached hydrogens (tertiary/aromatic N) is 3. The highest BCUT2D eigenvalue weighted by molar-refractivity contribution is 6.32. The molecule has 6 rings (SSSR count). The summed E-state index contributed by atoms with van der Waals surface area (Å²) in [5, 5.41) is 6.21. The van der Waals surface area contributed by atoms with E-state index in [0.29, 0.717) is 28.9 Å². The van der Waals surface area contributed by atoms with Gasteiger partial charge in [-0.05, 0) is 94.6 Å². The summed E-state index contributed by atoms with van der Waals surface area (Å²) in [6, 6.07) is 21.6. The summed E-state index contributed by atoms with van der Waals surface area (Å²) in [6.45, 7) is 7.91. The second-order valence-electron chi connectivity index (χ2n) is 11.7. The lowest BCUT2D eigenvalue weighted by Gasteiger charge is -2.32. The number of amides is 1. The fourth-order valence-corrected chi connectivity index (χ4v) is 6.92. The van der Waals surface area contributed by atoms with Gasteiger partial charge >= 0.3 is 0 Å². The summed E-state index contributed by atoms with van der Waals surface area (Å²) in [6.07, 6.45) is 5.46. The van der Waals surface area contributed by atoms with Crippen LogP contribution < -0.4 is 10.1 Å². The molecule has 0 spiro atoms. The van der Waals surface area contributed by atoms with E-state index in [1.54, 1.807) is 6.07 Å². The lowest BCUT2D eigenvalue weighted by atomic mass is 10.1. The fourth-order valence-electron chi connectivity index (χ4n) is 6.70. The molecule has 216 valence electrons. The Balaban J connectivity index is 1.01. The number of aryl methyl sites for hydroxylation is 1. The van der Waals surface area contributed by atoms with Crippen molar-refractivity contribution in [1.29, 1.82) is 0 Å². The molecule has 2 aliphatic rings. The second kappa shape index (κ2) is 12.4. The third-order valence-corrected chi connectivity index (χ3v) is 9.31. The monoisotopic (exact) mass is 572 g/mol. The highest BCUT2D eigenvalue weighted by Crippen LogP contribution is 2.31. The first kappa shape index (κ1) is 28.1. The van der Waals surface area contributed by atoms with Crippen LogP contribution in [0.3, 0.4) is 0 Å². The molecule has 1 aromatic heterocycles. The number of benzene rings is 3. The Morgan fingerprint density at radius 2 is 1.78 bits per heavy atom. The van der Waals surface area contributed by atoms with Crippen LogP contribution in [0.15, 0.2) is 60.7 Å². The number of aromatic nitrogens is 1. The van der Waals surface area contributed by atoms with E-state index in [1.165, 1.54) is 40.2 Å². The number of nitrogens with one attached hydrogen (secondary N) is 1. The number of ether oxygens (including phenoxy) is 1. The molecule has 0 saturated carbocycles. The third kappa shape index (κ3) is 6.11. The summed E-state index contributed by atoms with van der Waals surface area (Å²) in [7, 11) is 2.16. The number of fused-ring (bicyclic) bond motifs is 3. The van der Waals surface area contributed by atoms with Gasteiger partial charge in [0.15, 0.2) is 0 Å². The Morgan fingerprint density at radius 1 is 0.976 bits per heavy atom. The van der Waals surface area contributed by atoms with Gasteiger partial charge in [0.1, 0.15) is 11.9 Å². The van der Waals surface area contributed by atoms with E-state index in [2.05, 4.69) is 76.1 Å². The molecule has 1 N–H and O–H groups in total. The standard InChI is InChI=1S/C34H41ClN4O2/c1-3-39-31-9-5-4-8-28(31)29-21-24(10-12-32(29)39)23-38-19-15-27(16-20-38)41-33-13-11-25(22-30(33)35)34(40)36-17-14-26-7-6-18-37(26)2/h4-5,8-13,21-22,26-27H,3,6-7,14-20,23H2,1-2H3,(H,36,40). The van der Waals surface area contributed by atoms with E-state index in [9.17, 15) is 4.79 Å². The maximum atomic E-state index is 12.7. The third-order valence-electron chi connectivity index (χ3n) is 9.02. The summed E-state index contributed by atoms with van der Waals surface area (Å²) in [5.74, 6) is 0.580. The number of rotatable bonds is 9. The molecule has 6 nitrogen and oxygen atoms in total. The van der Waals surface area contributed by atoms with E-state index in [1.807, 2.05) is 12.1 Å². The van der Waals surface area contributed by atoms with Crippen LogP contribution in [0.1, 0.15) is 54.9 Å². The van der Waals surface area contributed by atoms with Crippen LogP contribution in [0.2, 0.25) is 5.02 Å². The summed E-state index contributed by atoms with van der Waals surface area (Å²) >= 11 is 6.56. The van der Waals surface area contributed by atoms with Gasteiger partial charge in [0.05, 0.1) is 5.02 Å². The van der Waals surface area contributed by atoms with Gasteiger partial charge in [0.2, 0.25) is 0 Å². The van der Waals surface area contributed by atoms with Crippen LogP contribution in [-0.4, -0.2) is 65.6 Å². The first-order chi connectivity index (χ1) is 20.0. The zero-order chi connectivity index (χ0) is 28.3. The Bertz CT molecular complexity index is 1520. The first-order valence-corrected chi connectivity index (χ1v) is 15.5. The SMILES string of the molecule is CCn1c2ccccc2c2cc(CN3CCC(Oc4ccc(C(=O)NCCC5CCCN5C)cc4Cl)CC3)ccc21. The van der Waals surface area contributed by atoms with E-state index >= 15 is 0 Å². The Labute approximate surface area is 248 Å². The van der Waals surface area contributed by atoms with Gasteiger partial charge in [-0.15, -0.1) is 0 Å². The lowest BCUT2D eigenvalue weighted by molar-refractivity contribution is 0.0948. The van der Waals surface area contributed by atoms with Gasteiger partial charge in [-0.1, -0.05) is 35.9 Å². The highest BCUT2D eigenvalue weighted by atomic mass is 35.5. The number of carbonyl (C=O) groups is 1. The summed E-state index contributed by atoms with van der Waals surface area (Å²) in [4.78, 5) is 17.6. The molecule has 1 atom stereocenters. The minimum atomic E-state index is -0.0788. The maximum Gasteiger partial charge on any atom is 0.251 e. The summed E-state index contributed by atoms with van der Waals surface area (Å²) < 4.78 is 8.70. The van der Waals surface area contributed by atoms with E-state index in [4.69, 9.17) is 16.3 Å². The molecule has 1 unspecified atom stereocenters. The van der Waals surface area contributed by atoms with Gasteiger partial charge in [0, 0.05) is 66.1 Å². The molecule has 2 aliphatic heterocycles. The zero-order valence-electron chi connectivity index (χ0n) is 24.2. The number of carbonyl (C=O) groups excluding carboxylic acids is 1. The molecule has 2 fully saturated rings. The van der Waals surface area contributed by atoms with Crippen molar-refractivity contribution < 1.29 is 9.53 Å². The second-order valence-corrected chi connectivity index (χ2v) is 12.1. The Kier molecular flexibility index (Phi) is 8.52. The number of hydrogen-bond donors (Lipinski definition) is 1. The maximum absolute atomic E-state index is 12.7. The Morgan fingerprint density at radius 3 is 2.54 bits per heavy atom. The fraction of sp³-hybridized carbons (Fsp3) is 0.441. The van der Waals surface area contributed by atoms with Crippen LogP contribution in [0.5, 0.6) is 5.75 Å². The van der Waals surface area contributed by atoms with Crippen LogP contribution in [0.4, 0.5) is 0 Å². The van der Waals surface area contributed by atoms with Crippen LogP contribution >= 0.6 is 11.6 Å². The van der Waals surface area contributed by atoms with Gasteiger partial charge < -0.3 is 19.5 Å². The number of halogens is 1. The van der Waals surface area contributed by atoms with E-state index < -0.39 is 0 Å². The molecule has 3 aromatic carbocycles. The molecule has 1 amide bonds. The van der Waals surface area contributed by atoms with Crippen molar-refractivity contribution >= 4 is 39.3 Å². The van der Waals surface area contributed by atoms with E-state index in [0.717, 1.165) is 52.0 Å². The van der Waals surface area contributed by atoms with Crippen molar-refractivity contribution in [2.75, 3.05) is 33.2 Å².